The Hall–Kier alpha value is -3.83. The van der Waals surface area contributed by atoms with Gasteiger partial charge in [-0.3, -0.25) is 9.98 Å². The van der Waals surface area contributed by atoms with E-state index in [-0.39, 0.29) is 15.6 Å². The predicted molar refractivity (Wildman–Crippen MR) is 103 cm³/mol. The first-order valence-electron chi connectivity index (χ1n) is 8.00. The molecule has 0 aliphatic heterocycles. The minimum absolute atomic E-state index is 0.00469. The van der Waals surface area contributed by atoms with E-state index >= 15 is 0 Å². The predicted octanol–water partition coefficient (Wildman–Crippen LogP) is 1.20. The van der Waals surface area contributed by atoms with Gasteiger partial charge < -0.3 is 15.8 Å². The van der Waals surface area contributed by atoms with Crippen LogP contribution in [-0.4, -0.2) is 19.6 Å². The molecule has 27 heavy (non-hydrogen) atoms. The van der Waals surface area contributed by atoms with Crippen LogP contribution in [-0.2, 0) is 0 Å². The summed E-state index contributed by atoms with van der Waals surface area (Å²) < 4.78 is 2.23. The summed E-state index contributed by atoms with van der Waals surface area (Å²) in [4.78, 5) is 7.64. The number of nitrogens with zero attached hydrogens (tertiary/aromatic N) is 3. The van der Waals surface area contributed by atoms with Crippen molar-refractivity contribution in [3.05, 3.63) is 75.1 Å². The number of hydrogen-bond donors (Lipinski definition) is 4. The molecule has 0 unspecified atom stereocenters. The Morgan fingerprint density at radius 3 is 2.56 bits per heavy atom. The summed E-state index contributed by atoms with van der Waals surface area (Å²) in [7, 11) is 0. The van der Waals surface area contributed by atoms with Gasteiger partial charge in [-0.25, -0.2) is 4.98 Å². The van der Waals surface area contributed by atoms with Crippen LogP contribution in [0.4, 0.5) is 0 Å². The van der Waals surface area contributed by atoms with Crippen LogP contribution in [0.2, 0.25) is 0 Å². The van der Waals surface area contributed by atoms with Gasteiger partial charge >= 0.3 is 0 Å². The molecular formula is C19H14N6OS. The van der Waals surface area contributed by atoms with E-state index in [2.05, 4.69) is 16.0 Å². The molecule has 2 heterocycles. The Balaban J connectivity index is 2.16. The third-order valence-electron chi connectivity index (χ3n) is 4.04. The second-order valence-electron chi connectivity index (χ2n) is 5.73. The highest BCUT2D eigenvalue weighted by Gasteiger charge is 2.15. The maximum absolute atomic E-state index is 9.85. The summed E-state index contributed by atoms with van der Waals surface area (Å²) in [6.45, 7) is 0. The Morgan fingerprint density at radius 2 is 1.89 bits per heavy atom. The van der Waals surface area contributed by atoms with Gasteiger partial charge in [0.15, 0.2) is 11.3 Å². The van der Waals surface area contributed by atoms with Gasteiger partial charge in [-0.05, 0) is 24.3 Å². The number of aliphatic hydroxyl groups excluding tert-OH is 1. The molecule has 2 aromatic heterocycles. The normalized spacial score (nSPS) is 13.3. The molecule has 8 heteroatoms. The number of thiazole rings is 1. The molecule has 0 saturated heterocycles. The lowest BCUT2D eigenvalue weighted by molar-refractivity contribution is 0.493. The van der Waals surface area contributed by atoms with Crippen molar-refractivity contribution in [1.82, 2.24) is 14.5 Å². The Morgan fingerprint density at radius 1 is 1.19 bits per heavy atom. The monoisotopic (exact) mass is 374 g/mol. The van der Waals surface area contributed by atoms with Crippen LogP contribution in [0.3, 0.4) is 0 Å². The molecule has 7 nitrogen and oxygen atoms in total. The van der Waals surface area contributed by atoms with Crippen LogP contribution in [0.15, 0.2) is 54.6 Å². The van der Waals surface area contributed by atoms with Crippen molar-refractivity contribution in [3.8, 4) is 11.8 Å². The van der Waals surface area contributed by atoms with Crippen LogP contribution in [0.5, 0.6) is 0 Å². The van der Waals surface area contributed by atoms with Gasteiger partial charge in [-0.1, -0.05) is 30.3 Å². The highest BCUT2D eigenvalue weighted by molar-refractivity contribution is 7.07. The third kappa shape index (κ3) is 2.76. The highest BCUT2D eigenvalue weighted by Crippen LogP contribution is 2.15. The van der Waals surface area contributed by atoms with E-state index in [4.69, 9.17) is 11.1 Å². The van der Waals surface area contributed by atoms with Crippen LogP contribution >= 0.6 is 11.3 Å². The fourth-order valence-electron chi connectivity index (χ4n) is 2.83. The molecule has 0 aliphatic carbocycles. The average molecular weight is 374 g/mol. The van der Waals surface area contributed by atoms with Gasteiger partial charge in [0.1, 0.15) is 20.8 Å². The number of nitriles is 1. The summed E-state index contributed by atoms with van der Waals surface area (Å²) in [6.07, 6.45) is 0. The summed E-state index contributed by atoms with van der Waals surface area (Å²) in [6, 6.07) is 18.8. The van der Waals surface area contributed by atoms with Crippen molar-refractivity contribution in [2.75, 3.05) is 0 Å². The molecule has 0 saturated carbocycles. The van der Waals surface area contributed by atoms with Crippen LogP contribution in [0.25, 0.3) is 28.2 Å². The molecule has 0 aliphatic rings. The number of imidazole rings is 1. The van der Waals surface area contributed by atoms with E-state index in [0.29, 0.717) is 16.2 Å². The van der Waals surface area contributed by atoms with Gasteiger partial charge in [-0.15, -0.1) is 11.3 Å². The first kappa shape index (κ1) is 16.6. The number of nitrogens with two attached hydrogens (primary N) is 1. The zero-order valence-electron chi connectivity index (χ0n) is 14.0. The van der Waals surface area contributed by atoms with E-state index in [1.807, 2.05) is 54.6 Å². The standard InChI is InChI=1S/C19H14N6OS/c20-10-12(18-23-13-8-4-5-9-14(13)24-18)19-25(11-6-2-1-3-7-11)16(21)15(27-19)17(22)26/h1-9,21,26H,22H2,(H,23,24)/b17-15-,19-12?,21-16?. The van der Waals surface area contributed by atoms with Gasteiger partial charge in [0.25, 0.3) is 0 Å². The van der Waals surface area contributed by atoms with E-state index in [0.717, 1.165) is 22.4 Å². The number of hydrogen-bond acceptors (Lipinski definition) is 6. The number of para-hydroxylation sites is 3. The molecule has 0 bridgehead atoms. The van der Waals surface area contributed by atoms with Crippen molar-refractivity contribution >= 4 is 33.8 Å². The lowest BCUT2D eigenvalue weighted by Gasteiger charge is -2.03. The van der Waals surface area contributed by atoms with Crippen LogP contribution in [0.1, 0.15) is 5.82 Å². The number of aliphatic hydroxyl groups is 1. The van der Waals surface area contributed by atoms with Crippen molar-refractivity contribution in [3.63, 3.8) is 0 Å². The zero-order chi connectivity index (χ0) is 19.0. The van der Waals surface area contributed by atoms with Crippen molar-refractivity contribution in [1.29, 1.82) is 10.7 Å². The second-order valence-corrected chi connectivity index (χ2v) is 6.73. The molecule has 0 atom stereocenters. The van der Waals surface area contributed by atoms with E-state index in [1.165, 1.54) is 0 Å². The van der Waals surface area contributed by atoms with E-state index < -0.39 is 5.88 Å². The topological polar surface area (TPSA) is 128 Å². The number of H-pyrrole nitrogens is 1. The Kier molecular flexibility index (Phi) is 3.99. The van der Waals surface area contributed by atoms with Gasteiger partial charge in [0.2, 0.25) is 5.88 Å². The van der Waals surface area contributed by atoms with E-state index in [9.17, 15) is 10.4 Å². The van der Waals surface area contributed by atoms with Gasteiger partial charge in [0.05, 0.1) is 11.0 Å². The fourth-order valence-corrected chi connectivity index (χ4v) is 3.85. The summed E-state index contributed by atoms with van der Waals surface area (Å²) >= 11 is 1.07. The molecule has 0 amide bonds. The highest BCUT2D eigenvalue weighted by atomic mass is 32.1. The molecule has 0 radical (unpaired) electrons. The van der Waals surface area contributed by atoms with Gasteiger partial charge in [-0.2, -0.15) is 5.26 Å². The number of fused-ring (bicyclic) bond motifs is 1. The average Bonchev–Trinajstić information content (AvgIpc) is 3.24. The number of rotatable bonds is 2. The molecule has 4 aromatic rings. The number of aromatic amines is 1. The Labute approximate surface area is 157 Å². The lowest BCUT2D eigenvalue weighted by atomic mass is 10.3. The number of benzene rings is 2. The van der Waals surface area contributed by atoms with Crippen LogP contribution < -0.4 is 20.4 Å². The molecular weight excluding hydrogens is 360 g/mol. The Bertz CT molecular complexity index is 1330. The maximum Gasteiger partial charge on any atom is 0.203 e. The van der Waals surface area contributed by atoms with Crippen molar-refractivity contribution in [2.45, 2.75) is 0 Å². The minimum atomic E-state index is -0.456. The van der Waals surface area contributed by atoms with Gasteiger partial charge in [0, 0.05) is 5.69 Å². The fraction of sp³-hybridized carbons (Fsp3) is 0. The first-order chi connectivity index (χ1) is 13.1. The van der Waals surface area contributed by atoms with Crippen LogP contribution in [0, 0.1) is 16.7 Å². The summed E-state index contributed by atoms with van der Waals surface area (Å²) in [5.41, 5.74) is 8.05. The molecule has 5 N–H and O–H groups in total. The molecule has 132 valence electrons. The van der Waals surface area contributed by atoms with Crippen molar-refractivity contribution in [2.24, 2.45) is 5.73 Å². The minimum Gasteiger partial charge on any atom is -0.494 e. The number of aromatic nitrogens is 3. The number of nitrogens with one attached hydrogen (secondary N) is 2. The molecule has 2 aromatic carbocycles. The van der Waals surface area contributed by atoms with E-state index in [1.54, 1.807) is 4.57 Å². The smallest absolute Gasteiger partial charge is 0.203 e. The molecule has 0 spiro atoms. The van der Waals surface area contributed by atoms with Crippen molar-refractivity contribution < 1.29 is 5.11 Å². The third-order valence-corrected chi connectivity index (χ3v) is 5.23. The maximum atomic E-state index is 9.85. The second kappa shape index (κ2) is 6.48. The molecule has 0 fully saturated rings. The lowest BCUT2D eigenvalue weighted by Crippen LogP contribution is -2.33. The quantitative estimate of drug-likeness (QED) is 0.420. The SMILES string of the molecule is N#CC(c1nc2ccccc2[nH]1)=c1s/c(=C(/N)O)c(=N)n1-c1ccccc1. The summed E-state index contributed by atoms with van der Waals surface area (Å²) in [5, 5.41) is 28.1. The first-order valence-corrected chi connectivity index (χ1v) is 8.82. The zero-order valence-corrected chi connectivity index (χ0v) is 14.8. The summed E-state index contributed by atoms with van der Waals surface area (Å²) in [5.74, 6) is -0.0597. The molecule has 4 rings (SSSR count). The largest absolute Gasteiger partial charge is 0.494 e.